The normalized spacial score (nSPS) is 15.9. The molecule has 1 saturated heterocycles. The number of hydrogen-bond donors (Lipinski definition) is 1. The summed E-state index contributed by atoms with van der Waals surface area (Å²) in [6.45, 7) is 9.12. The van der Waals surface area contributed by atoms with Gasteiger partial charge in [-0.1, -0.05) is 51.5 Å². The molecule has 1 amide bonds. The molecule has 2 aromatic rings. The molecule has 1 aliphatic rings. The molecule has 0 spiro atoms. The van der Waals surface area contributed by atoms with Gasteiger partial charge in [-0.05, 0) is 54.5 Å². The number of amides is 1. The first-order valence-electron chi connectivity index (χ1n) is 10.1. The summed E-state index contributed by atoms with van der Waals surface area (Å²) < 4.78 is 27.8. The fourth-order valence-electron chi connectivity index (χ4n) is 3.70. The molecule has 0 bridgehead atoms. The van der Waals surface area contributed by atoms with Crippen LogP contribution in [0.2, 0.25) is 0 Å². The van der Waals surface area contributed by atoms with E-state index in [1.54, 1.807) is 19.1 Å². The molecular weight excluding hydrogens is 384 g/mol. The van der Waals surface area contributed by atoms with E-state index in [-0.39, 0.29) is 16.2 Å². The van der Waals surface area contributed by atoms with Gasteiger partial charge in [0.2, 0.25) is 10.0 Å². The van der Waals surface area contributed by atoms with Gasteiger partial charge >= 0.3 is 0 Å². The largest absolute Gasteiger partial charge is 0.322 e. The molecule has 1 aliphatic heterocycles. The first-order valence-corrected chi connectivity index (χ1v) is 11.6. The highest BCUT2D eigenvalue weighted by atomic mass is 32.2. The molecule has 1 fully saturated rings. The van der Waals surface area contributed by atoms with Crippen LogP contribution in [0.5, 0.6) is 0 Å². The van der Waals surface area contributed by atoms with Crippen molar-refractivity contribution < 1.29 is 13.2 Å². The van der Waals surface area contributed by atoms with Gasteiger partial charge in [0.05, 0.1) is 4.90 Å². The van der Waals surface area contributed by atoms with Gasteiger partial charge in [0.15, 0.2) is 0 Å². The van der Waals surface area contributed by atoms with Crippen LogP contribution in [0.25, 0.3) is 0 Å². The molecule has 5 nitrogen and oxygen atoms in total. The number of rotatable bonds is 4. The van der Waals surface area contributed by atoms with Crippen molar-refractivity contribution in [3.8, 4) is 0 Å². The van der Waals surface area contributed by atoms with E-state index < -0.39 is 10.0 Å². The van der Waals surface area contributed by atoms with Crippen LogP contribution in [0.3, 0.4) is 0 Å². The Bertz CT molecular complexity index is 1000. The standard InChI is InChI=1S/C23H30N2O3S/c1-17-12-13-18(16-21(17)29(27,28)25-14-8-5-9-15-25)22(26)24-20-11-7-6-10-19(20)23(2,3)4/h6-7,10-13,16H,5,8-9,14-15H2,1-4H3,(H,24,26). The number of benzene rings is 2. The number of carbonyl (C=O) groups excluding carboxylic acids is 1. The second kappa shape index (κ2) is 8.28. The molecule has 29 heavy (non-hydrogen) atoms. The van der Waals surface area contributed by atoms with Gasteiger partial charge in [-0.2, -0.15) is 4.31 Å². The van der Waals surface area contributed by atoms with Crippen molar-refractivity contribution >= 4 is 21.6 Å². The summed E-state index contributed by atoms with van der Waals surface area (Å²) in [4.78, 5) is 13.2. The number of hydrogen-bond acceptors (Lipinski definition) is 3. The number of carbonyl (C=O) groups is 1. The molecule has 0 saturated carbocycles. The molecule has 0 aliphatic carbocycles. The Morgan fingerprint density at radius 1 is 1.00 bits per heavy atom. The molecule has 6 heteroatoms. The average molecular weight is 415 g/mol. The highest BCUT2D eigenvalue weighted by molar-refractivity contribution is 7.89. The predicted octanol–water partition coefficient (Wildman–Crippen LogP) is 4.72. The fourth-order valence-corrected chi connectivity index (χ4v) is 5.47. The third kappa shape index (κ3) is 4.70. The summed E-state index contributed by atoms with van der Waals surface area (Å²) >= 11 is 0. The minimum Gasteiger partial charge on any atom is -0.322 e. The summed E-state index contributed by atoms with van der Waals surface area (Å²) in [6, 6.07) is 12.6. The Morgan fingerprint density at radius 3 is 2.31 bits per heavy atom. The Morgan fingerprint density at radius 2 is 1.66 bits per heavy atom. The molecule has 0 radical (unpaired) electrons. The SMILES string of the molecule is Cc1ccc(C(=O)Nc2ccccc2C(C)(C)C)cc1S(=O)(=O)N1CCCCC1. The minimum atomic E-state index is -3.60. The highest BCUT2D eigenvalue weighted by Crippen LogP contribution is 2.30. The van der Waals surface area contributed by atoms with E-state index in [0.29, 0.717) is 24.2 Å². The maximum absolute atomic E-state index is 13.1. The van der Waals surface area contributed by atoms with Crippen LogP contribution in [0.15, 0.2) is 47.4 Å². The van der Waals surface area contributed by atoms with Crippen molar-refractivity contribution in [3.63, 3.8) is 0 Å². The third-order valence-electron chi connectivity index (χ3n) is 5.37. The van der Waals surface area contributed by atoms with Crippen molar-refractivity contribution in [1.82, 2.24) is 4.31 Å². The second-order valence-electron chi connectivity index (χ2n) is 8.69. The highest BCUT2D eigenvalue weighted by Gasteiger charge is 2.28. The molecule has 1 heterocycles. The molecule has 0 unspecified atom stereocenters. The molecule has 1 N–H and O–H groups in total. The van der Waals surface area contributed by atoms with E-state index in [1.807, 2.05) is 24.3 Å². The number of para-hydroxylation sites is 1. The van der Waals surface area contributed by atoms with Gasteiger partial charge in [-0.25, -0.2) is 8.42 Å². The van der Waals surface area contributed by atoms with Crippen molar-refractivity contribution in [1.29, 1.82) is 0 Å². The molecule has 156 valence electrons. The lowest BCUT2D eigenvalue weighted by Gasteiger charge is -2.26. The van der Waals surface area contributed by atoms with E-state index in [2.05, 4.69) is 26.1 Å². The van der Waals surface area contributed by atoms with Crippen LogP contribution in [-0.4, -0.2) is 31.7 Å². The monoisotopic (exact) mass is 414 g/mol. The van der Waals surface area contributed by atoms with Gasteiger partial charge in [-0.3, -0.25) is 4.79 Å². The van der Waals surface area contributed by atoms with Crippen LogP contribution in [0, 0.1) is 6.92 Å². The van der Waals surface area contributed by atoms with Crippen molar-refractivity contribution in [2.45, 2.75) is 57.3 Å². The smallest absolute Gasteiger partial charge is 0.255 e. The topological polar surface area (TPSA) is 66.5 Å². The Hall–Kier alpha value is -2.18. The molecule has 3 rings (SSSR count). The van der Waals surface area contributed by atoms with Gasteiger partial charge < -0.3 is 5.32 Å². The van der Waals surface area contributed by atoms with E-state index >= 15 is 0 Å². The van der Waals surface area contributed by atoms with E-state index in [4.69, 9.17) is 0 Å². The Balaban J connectivity index is 1.91. The van der Waals surface area contributed by atoms with Gasteiger partial charge in [-0.15, -0.1) is 0 Å². The number of anilines is 1. The maximum Gasteiger partial charge on any atom is 0.255 e. The zero-order valence-corrected chi connectivity index (χ0v) is 18.5. The number of nitrogens with one attached hydrogen (secondary N) is 1. The first kappa shape index (κ1) is 21.5. The zero-order chi connectivity index (χ0) is 21.2. The van der Waals surface area contributed by atoms with Crippen LogP contribution in [0.1, 0.15) is 61.5 Å². The van der Waals surface area contributed by atoms with Crippen molar-refractivity contribution in [2.75, 3.05) is 18.4 Å². The molecule has 2 aromatic carbocycles. The van der Waals surface area contributed by atoms with E-state index in [9.17, 15) is 13.2 Å². The van der Waals surface area contributed by atoms with Gasteiger partial charge in [0, 0.05) is 24.3 Å². The third-order valence-corrected chi connectivity index (χ3v) is 7.41. The minimum absolute atomic E-state index is 0.125. The number of piperidine rings is 1. The predicted molar refractivity (Wildman–Crippen MR) is 117 cm³/mol. The summed E-state index contributed by atoms with van der Waals surface area (Å²) in [5, 5.41) is 2.96. The van der Waals surface area contributed by atoms with Gasteiger partial charge in [0.25, 0.3) is 5.91 Å². The lowest BCUT2D eigenvalue weighted by molar-refractivity contribution is 0.102. The van der Waals surface area contributed by atoms with Crippen LogP contribution < -0.4 is 5.32 Å². The maximum atomic E-state index is 13.1. The van der Waals surface area contributed by atoms with Crippen molar-refractivity contribution in [3.05, 3.63) is 59.2 Å². The average Bonchev–Trinajstić information content (AvgIpc) is 2.68. The van der Waals surface area contributed by atoms with Crippen LogP contribution in [0.4, 0.5) is 5.69 Å². The first-order chi connectivity index (χ1) is 13.6. The number of sulfonamides is 1. The summed E-state index contributed by atoms with van der Waals surface area (Å²) in [6.07, 6.45) is 2.81. The summed E-state index contributed by atoms with van der Waals surface area (Å²) in [5.41, 5.74) is 2.64. The van der Waals surface area contributed by atoms with E-state index in [0.717, 1.165) is 30.5 Å². The number of nitrogens with zero attached hydrogens (tertiary/aromatic N) is 1. The Kier molecular flexibility index (Phi) is 6.15. The van der Waals surface area contributed by atoms with E-state index in [1.165, 1.54) is 10.4 Å². The van der Waals surface area contributed by atoms with Crippen molar-refractivity contribution in [2.24, 2.45) is 0 Å². The Labute approximate surface area is 174 Å². The molecule has 0 atom stereocenters. The number of aryl methyl sites for hydroxylation is 1. The lowest BCUT2D eigenvalue weighted by atomic mass is 9.86. The van der Waals surface area contributed by atoms with Crippen LogP contribution >= 0.6 is 0 Å². The quantitative estimate of drug-likeness (QED) is 0.787. The zero-order valence-electron chi connectivity index (χ0n) is 17.7. The van der Waals surface area contributed by atoms with Crippen LogP contribution in [-0.2, 0) is 15.4 Å². The lowest BCUT2D eigenvalue weighted by Crippen LogP contribution is -2.36. The molecule has 0 aromatic heterocycles. The summed E-state index contributed by atoms with van der Waals surface area (Å²) in [7, 11) is -3.60. The fraction of sp³-hybridized carbons (Fsp3) is 0.435. The second-order valence-corrected chi connectivity index (χ2v) is 10.6. The van der Waals surface area contributed by atoms with Gasteiger partial charge in [0.1, 0.15) is 0 Å². The summed E-state index contributed by atoms with van der Waals surface area (Å²) in [5.74, 6) is -0.309. The molecular formula is C23H30N2O3S.